The van der Waals surface area contributed by atoms with Crippen LogP contribution in [0.5, 0.6) is 11.5 Å². The van der Waals surface area contributed by atoms with Gasteiger partial charge in [-0.2, -0.15) is 0 Å². The number of nitrogens with one attached hydrogen (secondary N) is 3. The molecule has 0 atom stereocenters. The fraction of sp³-hybridized carbons (Fsp3) is 0.125. The van der Waals surface area contributed by atoms with Crippen molar-refractivity contribution >= 4 is 29.1 Å². The number of carbonyl (C=O) groups is 2. The molecule has 0 saturated carbocycles. The number of thiocarbonyl (C=S) groups is 1. The zero-order valence-corrected chi connectivity index (χ0v) is 18.3. The quantitative estimate of drug-likeness (QED) is 0.291. The van der Waals surface area contributed by atoms with Gasteiger partial charge >= 0.3 is 0 Å². The van der Waals surface area contributed by atoms with Gasteiger partial charge in [0.2, 0.25) is 0 Å². The molecule has 32 heavy (non-hydrogen) atoms. The maximum Gasteiger partial charge on any atom is 0.269 e. The summed E-state index contributed by atoms with van der Waals surface area (Å²) in [6.45, 7) is 2.41. The Morgan fingerprint density at radius 3 is 2.12 bits per heavy atom. The molecule has 0 heterocycles. The largest absolute Gasteiger partial charge is 0.490 e. The number of amides is 2. The molecule has 0 aliphatic heterocycles. The number of rotatable bonds is 7. The minimum atomic E-state index is -0.466. The second kappa shape index (κ2) is 11.5. The molecule has 3 aromatic carbocycles. The van der Waals surface area contributed by atoms with E-state index in [-0.39, 0.29) is 17.6 Å². The summed E-state index contributed by atoms with van der Waals surface area (Å²) in [5.74, 6) is 0.314. The molecule has 0 fully saturated rings. The van der Waals surface area contributed by atoms with E-state index in [4.69, 9.17) is 21.7 Å². The Balaban J connectivity index is 1.49. The van der Waals surface area contributed by atoms with Gasteiger partial charge < -0.3 is 9.47 Å². The lowest BCUT2D eigenvalue weighted by atomic mass is 10.1. The second-order valence-electron chi connectivity index (χ2n) is 6.68. The molecule has 0 aliphatic carbocycles. The average Bonchev–Trinajstić information content (AvgIpc) is 2.81. The van der Waals surface area contributed by atoms with Crippen molar-refractivity contribution in [1.82, 2.24) is 16.2 Å². The molecule has 0 saturated heterocycles. The summed E-state index contributed by atoms with van der Waals surface area (Å²) in [5.41, 5.74) is 6.65. The van der Waals surface area contributed by atoms with Crippen molar-refractivity contribution in [1.29, 1.82) is 0 Å². The third-order valence-electron chi connectivity index (χ3n) is 4.39. The second-order valence-corrected chi connectivity index (χ2v) is 7.09. The van der Waals surface area contributed by atoms with Gasteiger partial charge in [-0.1, -0.05) is 48.5 Å². The summed E-state index contributed by atoms with van der Waals surface area (Å²) >= 11 is 5.12. The summed E-state index contributed by atoms with van der Waals surface area (Å²) < 4.78 is 11.3. The number of hydrogen-bond donors (Lipinski definition) is 3. The minimum absolute atomic E-state index is 0.0425. The molecule has 3 N–H and O–H groups in total. The molecular formula is C24H23N3O4S. The van der Waals surface area contributed by atoms with E-state index in [9.17, 15) is 9.59 Å². The van der Waals surface area contributed by atoms with Crippen LogP contribution in [0, 0.1) is 6.92 Å². The maximum atomic E-state index is 12.6. The lowest BCUT2D eigenvalue weighted by Gasteiger charge is -2.14. The van der Waals surface area contributed by atoms with E-state index in [1.807, 2.05) is 49.4 Å². The Labute approximate surface area is 191 Å². The summed E-state index contributed by atoms with van der Waals surface area (Å²) in [6.07, 6.45) is 0. The van der Waals surface area contributed by atoms with Crippen LogP contribution in [-0.4, -0.2) is 30.1 Å². The van der Waals surface area contributed by atoms with E-state index in [1.54, 1.807) is 36.4 Å². The Kier molecular flexibility index (Phi) is 8.16. The molecule has 3 aromatic rings. The summed E-state index contributed by atoms with van der Waals surface area (Å²) in [7, 11) is 0. The molecule has 2 amide bonds. The standard InChI is InChI=1S/C24H23N3O4S/c1-17-9-5-6-12-19(17)23(29)26-27-24(32)25-22(28)20-13-7-8-14-21(20)31-16-15-30-18-10-3-2-4-11-18/h2-14H,15-16H2,1H3,(H,26,29)(H2,25,27,28,32). The van der Waals surface area contributed by atoms with Gasteiger partial charge in [0.15, 0.2) is 5.11 Å². The zero-order chi connectivity index (χ0) is 22.8. The van der Waals surface area contributed by atoms with Gasteiger partial charge in [0.05, 0.1) is 5.56 Å². The smallest absolute Gasteiger partial charge is 0.269 e. The van der Waals surface area contributed by atoms with Crippen LogP contribution in [-0.2, 0) is 0 Å². The number of ether oxygens (including phenoxy) is 2. The van der Waals surface area contributed by atoms with Gasteiger partial charge in [0.1, 0.15) is 24.7 Å². The summed E-state index contributed by atoms with van der Waals surface area (Å²) in [5, 5.41) is 2.49. The van der Waals surface area contributed by atoms with E-state index in [0.717, 1.165) is 11.3 Å². The monoisotopic (exact) mass is 449 g/mol. The normalized spacial score (nSPS) is 10.0. The summed E-state index contributed by atoms with van der Waals surface area (Å²) in [4.78, 5) is 24.9. The number of para-hydroxylation sites is 2. The average molecular weight is 450 g/mol. The molecule has 0 spiro atoms. The highest BCUT2D eigenvalue weighted by molar-refractivity contribution is 7.80. The third kappa shape index (κ3) is 6.55. The van der Waals surface area contributed by atoms with Gasteiger partial charge in [-0.25, -0.2) is 0 Å². The first kappa shape index (κ1) is 22.8. The highest BCUT2D eigenvalue weighted by Gasteiger charge is 2.14. The van der Waals surface area contributed by atoms with Crippen LogP contribution in [0.1, 0.15) is 26.3 Å². The highest BCUT2D eigenvalue weighted by Crippen LogP contribution is 2.18. The van der Waals surface area contributed by atoms with Gasteiger partial charge in [-0.15, -0.1) is 0 Å². The van der Waals surface area contributed by atoms with Crippen molar-refractivity contribution < 1.29 is 19.1 Å². The van der Waals surface area contributed by atoms with Crippen LogP contribution in [0.25, 0.3) is 0 Å². The van der Waals surface area contributed by atoms with Crippen molar-refractivity contribution in [2.75, 3.05) is 13.2 Å². The molecule has 164 valence electrons. The first-order chi connectivity index (χ1) is 15.5. The lowest BCUT2D eigenvalue weighted by Crippen LogP contribution is -2.48. The number of hydrazine groups is 1. The Morgan fingerprint density at radius 2 is 1.38 bits per heavy atom. The van der Waals surface area contributed by atoms with E-state index < -0.39 is 5.91 Å². The predicted octanol–water partition coefficient (Wildman–Crippen LogP) is 3.40. The number of aryl methyl sites for hydroxylation is 1. The molecule has 8 heteroatoms. The summed E-state index contributed by atoms with van der Waals surface area (Å²) in [6, 6.07) is 23.3. The minimum Gasteiger partial charge on any atom is -0.490 e. The molecule has 0 unspecified atom stereocenters. The van der Waals surface area contributed by atoms with E-state index >= 15 is 0 Å². The van der Waals surface area contributed by atoms with E-state index in [1.165, 1.54) is 0 Å². The SMILES string of the molecule is Cc1ccccc1C(=O)NNC(=S)NC(=O)c1ccccc1OCCOc1ccccc1. The molecule has 0 aromatic heterocycles. The van der Waals surface area contributed by atoms with Crippen molar-refractivity contribution in [2.24, 2.45) is 0 Å². The molecule has 0 bridgehead atoms. The van der Waals surface area contributed by atoms with Crippen LogP contribution in [0.15, 0.2) is 78.9 Å². The Morgan fingerprint density at radius 1 is 0.750 bits per heavy atom. The Hall–Kier alpha value is -3.91. The maximum absolute atomic E-state index is 12.6. The van der Waals surface area contributed by atoms with Crippen LogP contribution < -0.4 is 25.6 Å². The van der Waals surface area contributed by atoms with Crippen molar-refractivity contribution in [3.63, 3.8) is 0 Å². The fourth-order valence-corrected chi connectivity index (χ4v) is 2.96. The van der Waals surface area contributed by atoms with Crippen LogP contribution in [0.3, 0.4) is 0 Å². The van der Waals surface area contributed by atoms with Gasteiger partial charge in [0, 0.05) is 5.56 Å². The van der Waals surface area contributed by atoms with Crippen LogP contribution in [0.4, 0.5) is 0 Å². The third-order valence-corrected chi connectivity index (χ3v) is 4.59. The predicted molar refractivity (Wildman–Crippen MR) is 126 cm³/mol. The van der Waals surface area contributed by atoms with Crippen molar-refractivity contribution in [3.05, 3.63) is 95.6 Å². The fourth-order valence-electron chi connectivity index (χ4n) is 2.82. The van der Waals surface area contributed by atoms with Crippen LogP contribution in [0.2, 0.25) is 0 Å². The topological polar surface area (TPSA) is 88.7 Å². The number of hydrogen-bond acceptors (Lipinski definition) is 5. The first-order valence-electron chi connectivity index (χ1n) is 9.91. The molecule has 0 radical (unpaired) electrons. The van der Waals surface area contributed by atoms with Crippen molar-refractivity contribution in [3.8, 4) is 11.5 Å². The van der Waals surface area contributed by atoms with Crippen LogP contribution >= 0.6 is 12.2 Å². The number of benzene rings is 3. The first-order valence-corrected chi connectivity index (χ1v) is 10.3. The number of carbonyl (C=O) groups excluding carboxylic acids is 2. The molecular weight excluding hydrogens is 426 g/mol. The van der Waals surface area contributed by atoms with E-state index in [0.29, 0.717) is 23.5 Å². The Bertz CT molecular complexity index is 1090. The lowest BCUT2D eigenvalue weighted by molar-refractivity contribution is 0.0933. The van der Waals surface area contributed by atoms with Gasteiger partial charge in [-0.3, -0.25) is 25.8 Å². The molecule has 0 aliphatic rings. The van der Waals surface area contributed by atoms with Crippen molar-refractivity contribution in [2.45, 2.75) is 6.92 Å². The van der Waals surface area contributed by atoms with E-state index in [2.05, 4.69) is 16.2 Å². The van der Waals surface area contributed by atoms with Gasteiger partial charge in [-0.05, 0) is 55.0 Å². The highest BCUT2D eigenvalue weighted by atomic mass is 32.1. The van der Waals surface area contributed by atoms with Gasteiger partial charge in [0.25, 0.3) is 11.8 Å². The molecule has 7 nitrogen and oxygen atoms in total. The zero-order valence-electron chi connectivity index (χ0n) is 17.5. The molecule has 3 rings (SSSR count).